The van der Waals surface area contributed by atoms with E-state index in [1.165, 1.54) is 6.92 Å². The molecule has 0 aliphatic heterocycles. The highest BCUT2D eigenvalue weighted by atomic mass is 127. The molecule has 1 unspecified atom stereocenters. The zero-order chi connectivity index (χ0) is 21.6. The molecule has 4 N–H and O–H groups in total. The minimum absolute atomic E-state index is 0.136. The van der Waals surface area contributed by atoms with Gasteiger partial charge < -0.3 is 21.3 Å². The minimum Gasteiger partial charge on any atom is -0.339 e. The molecule has 0 bridgehead atoms. The Hall–Kier alpha value is -1.33. The molecule has 0 saturated heterocycles. The van der Waals surface area contributed by atoms with Gasteiger partial charge in [-0.15, -0.1) is 0 Å². The molecule has 0 fully saturated rings. The standard InChI is InChI=1S/C18H16Cl3IN4O2S/c1-10(27)23-13-5-7-14(8-6-13)24-17(29)26-16(18(19,20)21)25-15(28)11-3-2-4-12(22)9-11/h2-9,16H,1H3,(H,23,27)(H,25,28)(H2,24,26,29). The maximum absolute atomic E-state index is 12.5. The number of hydrogen-bond acceptors (Lipinski definition) is 3. The summed E-state index contributed by atoms with van der Waals surface area (Å²) in [6.07, 6.45) is -1.09. The van der Waals surface area contributed by atoms with Crippen LogP contribution in [0.3, 0.4) is 0 Å². The lowest BCUT2D eigenvalue weighted by Crippen LogP contribution is -2.56. The summed E-state index contributed by atoms with van der Waals surface area (Å²) in [7, 11) is 0. The second-order valence-electron chi connectivity index (χ2n) is 5.82. The van der Waals surface area contributed by atoms with E-state index in [9.17, 15) is 9.59 Å². The number of carbonyl (C=O) groups is 2. The molecule has 6 nitrogen and oxygen atoms in total. The smallest absolute Gasteiger partial charge is 0.253 e. The van der Waals surface area contributed by atoms with Gasteiger partial charge in [0.05, 0.1) is 0 Å². The van der Waals surface area contributed by atoms with E-state index in [4.69, 9.17) is 47.0 Å². The zero-order valence-corrected chi connectivity index (χ0v) is 20.2. The summed E-state index contributed by atoms with van der Waals surface area (Å²) in [5.41, 5.74) is 1.71. The SMILES string of the molecule is CC(=O)Nc1ccc(NC(=S)NC(NC(=O)c2cccc(I)c2)C(Cl)(Cl)Cl)cc1. The summed E-state index contributed by atoms with van der Waals surface area (Å²) < 4.78 is -0.966. The topological polar surface area (TPSA) is 82.3 Å². The molecule has 0 aromatic heterocycles. The molecule has 0 heterocycles. The molecule has 0 spiro atoms. The van der Waals surface area contributed by atoms with Gasteiger partial charge in [0.2, 0.25) is 9.70 Å². The maximum atomic E-state index is 12.5. The third-order valence-corrected chi connectivity index (χ3v) is 4.97. The Labute approximate surface area is 202 Å². The lowest BCUT2D eigenvalue weighted by molar-refractivity contribution is -0.114. The quantitative estimate of drug-likeness (QED) is 0.178. The number of benzene rings is 2. The van der Waals surface area contributed by atoms with E-state index < -0.39 is 15.9 Å². The van der Waals surface area contributed by atoms with E-state index in [1.807, 2.05) is 6.07 Å². The highest BCUT2D eigenvalue weighted by Gasteiger charge is 2.34. The number of hydrogen-bond donors (Lipinski definition) is 4. The predicted octanol–water partition coefficient (Wildman–Crippen LogP) is 4.66. The molecule has 2 aromatic carbocycles. The van der Waals surface area contributed by atoms with Gasteiger partial charge in [0.25, 0.3) is 5.91 Å². The van der Waals surface area contributed by atoms with E-state index >= 15 is 0 Å². The summed E-state index contributed by atoms with van der Waals surface area (Å²) in [6.45, 7) is 1.42. The first kappa shape index (κ1) is 23.9. The number of nitrogens with one attached hydrogen (secondary N) is 4. The molecule has 2 rings (SSSR count). The van der Waals surface area contributed by atoms with Gasteiger partial charge in [-0.2, -0.15) is 0 Å². The maximum Gasteiger partial charge on any atom is 0.253 e. The van der Waals surface area contributed by atoms with Crippen LogP contribution in [0.1, 0.15) is 17.3 Å². The minimum atomic E-state index is -1.86. The fourth-order valence-corrected chi connectivity index (χ4v) is 3.29. The van der Waals surface area contributed by atoms with Crippen LogP contribution in [0, 0.1) is 3.57 Å². The third kappa shape index (κ3) is 8.13. The highest BCUT2D eigenvalue weighted by Crippen LogP contribution is 2.29. The summed E-state index contributed by atoms with van der Waals surface area (Å²) in [4.78, 5) is 23.6. The summed E-state index contributed by atoms with van der Waals surface area (Å²) in [5, 5.41) is 11.1. The average Bonchev–Trinajstić information content (AvgIpc) is 2.61. The number of alkyl halides is 3. The lowest BCUT2D eigenvalue weighted by atomic mass is 10.2. The first-order valence-electron chi connectivity index (χ1n) is 8.13. The van der Waals surface area contributed by atoms with Crippen LogP contribution in [0.2, 0.25) is 0 Å². The number of carbonyl (C=O) groups excluding carboxylic acids is 2. The molecule has 1 atom stereocenters. The van der Waals surface area contributed by atoms with E-state index in [0.29, 0.717) is 16.9 Å². The van der Waals surface area contributed by atoms with Gasteiger partial charge in [0.15, 0.2) is 5.11 Å². The molecule has 2 amide bonds. The van der Waals surface area contributed by atoms with Crippen molar-refractivity contribution in [1.82, 2.24) is 10.6 Å². The predicted molar refractivity (Wildman–Crippen MR) is 131 cm³/mol. The van der Waals surface area contributed by atoms with Crippen molar-refractivity contribution in [3.05, 3.63) is 57.7 Å². The van der Waals surface area contributed by atoms with Crippen LogP contribution in [-0.4, -0.2) is 26.9 Å². The Balaban J connectivity index is 2.03. The Morgan fingerprint density at radius 2 is 1.59 bits per heavy atom. The van der Waals surface area contributed by atoms with Crippen molar-refractivity contribution < 1.29 is 9.59 Å². The van der Waals surface area contributed by atoms with Crippen molar-refractivity contribution in [2.24, 2.45) is 0 Å². The molecule has 2 aromatic rings. The van der Waals surface area contributed by atoms with Crippen LogP contribution in [0.4, 0.5) is 11.4 Å². The molecule has 11 heteroatoms. The number of rotatable bonds is 5. The first-order chi connectivity index (χ1) is 13.5. The van der Waals surface area contributed by atoms with E-state index in [0.717, 1.165) is 3.57 Å². The van der Waals surface area contributed by atoms with Crippen LogP contribution >= 0.6 is 69.6 Å². The summed E-state index contributed by atoms with van der Waals surface area (Å²) in [5.74, 6) is -0.591. The fraction of sp³-hybridized carbons (Fsp3) is 0.167. The van der Waals surface area contributed by atoms with Gasteiger partial charge in [-0.3, -0.25) is 9.59 Å². The van der Waals surface area contributed by atoms with Crippen molar-refractivity contribution in [2.45, 2.75) is 16.9 Å². The fourth-order valence-electron chi connectivity index (χ4n) is 2.18. The Bertz CT molecular complexity index is 907. The van der Waals surface area contributed by atoms with Gasteiger partial charge in [0, 0.05) is 27.4 Å². The number of amides is 2. The van der Waals surface area contributed by atoms with Gasteiger partial charge in [-0.1, -0.05) is 40.9 Å². The van der Waals surface area contributed by atoms with Gasteiger partial charge in [0.1, 0.15) is 6.17 Å². The van der Waals surface area contributed by atoms with Crippen molar-refractivity contribution in [1.29, 1.82) is 0 Å². The highest BCUT2D eigenvalue weighted by molar-refractivity contribution is 14.1. The second kappa shape index (κ2) is 10.6. The lowest BCUT2D eigenvalue weighted by Gasteiger charge is -2.27. The van der Waals surface area contributed by atoms with E-state index in [1.54, 1.807) is 42.5 Å². The Morgan fingerprint density at radius 3 is 2.10 bits per heavy atom. The van der Waals surface area contributed by atoms with Crippen LogP contribution in [-0.2, 0) is 4.79 Å². The Morgan fingerprint density at radius 1 is 1.00 bits per heavy atom. The van der Waals surface area contributed by atoms with Crippen molar-refractivity contribution in [3.63, 3.8) is 0 Å². The van der Waals surface area contributed by atoms with Crippen LogP contribution in [0.25, 0.3) is 0 Å². The van der Waals surface area contributed by atoms with Crippen molar-refractivity contribution >= 4 is 97.9 Å². The normalized spacial score (nSPS) is 11.9. The monoisotopic (exact) mass is 584 g/mol. The number of halogens is 4. The largest absolute Gasteiger partial charge is 0.339 e. The number of thiocarbonyl (C=S) groups is 1. The molecule has 29 heavy (non-hydrogen) atoms. The molecule has 0 aliphatic rings. The van der Waals surface area contributed by atoms with Crippen molar-refractivity contribution in [3.8, 4) is 0 Å². The van der Waals surface area contributed by atoms with Gasteiger partial charge >= 0.3 is 0 Å². The first-order valence-corrected chi connectivity index (χ1v) is 10.7. The van der Waals surface area contributed by atoms with Crippen molar-refractivity contribution in [2.75, 3.05) is 10.6 Å². The Kier molecular flexibility index (Phi) is 8.77. The van der Waals surface area contributed by atoms with Crippen LogP contribution in [0.5, 0.6) is 0 Å². The zero-order valence-electron chi connectivity index (χ0n) is 14.9. The second-order valence-corrected chi connectivity index (χ2v) is 9.84. The molecule has 0 saturated carbocycles. The van der Waals surface area contributed by atoms with E-state index in [2.05, 4.69) is 43.9 Å². The van der Waals surface area contributed by atoms with Gasteiger partial charge in [-0.25, -0.2) is 0 Å². The molecular weight excluding hydrogens is 570 g/mol. The van der Waals surface area contributed by atoms with Gasteiger partial charge in [-0.05, 0) is 77.3 Å². The van der Waals surface area contributed by atoms with E-state index in [-0.39, 0.29) is 11.0 Å². The molecule has 0 aliphatic carbocycles. The summed E-state index contributed by atoms with van der Waals surface area (Å²) in [6, 6.07) is 13.8. The van der Waals surface area contributed by atoms with Crippen LogP contribution < -0.4 is 21.3 Å². The number of anilines is 2. The molecular formula is C18H16Cl3IN4O2S. The summed E-state index contributed by atoms with van der Waals surface area (Å²) >= 11 is 25.4. The average molecular weight is 586 g/mol. The molecule has 154 valence electrons. The van der Waals surface area contributed by atoms with Crippen LogP contribution in [0.15, 0.2) is 48.5 Å². The molecule has 0 radical (unpaired) electrons. The third-order valence-electron chi connectivity index (χ3n) is 3.43.